The maximum Gasteiger partial charge on any atom is 0.226 e. The van der Waals surface area contributed by atoms with E-state index in [4.69, 9.17) is 13.9 Å². The number of ether oxygens (including phenoxy) is 2. The van der Waals surface area contributed by atoms with Gasteiger partial charge in [-0.25, -0.2) is 9.98 Å². The van der Waals surface area contributed by atoms with Crippen molar-refractivity contribution in [3.05, 3.63) is 41.8 Å². The third-order valence-corrected chi connectivity index (χ3v) is 3.56. The second kappa shape index (κ2) is 13.5. The molecule has 0 bridgehead atoms. The van der Waals surface area contributed by atoms with Crippen LogP contribution in [0.1, 0.15) is 18.2 Å². The third-order valence-electron chi connectivity index (χ3n) is 3.56. The van der Waals surface area contributed by atoms with Crippen molar-refractivity contribution >= 4 is 29.9 Å². The summed E-state index contributed by atoms with van der Waals surface area (Å²) >= 11 is 0. The van der Waals surface area contributed by atoms with Crippen molar-refractivity contribution < 1.29 is 13.9 Å². The van der Waals surface area contributed by atoms with Crippen molar-refractivity contribution in [3.8, 4) is 11.5 Å². The molecule has 0 fully saturated rings. The van der Waals surface area contributed by atoms with Crippen LogP contribution in [-0.4, -0.2) is 51.0 Å². The van der Waals surface area contributed by atoms with Crippen molar-refractivity contribution in [3.63, 3.8) is 0 Å². The predicted molar refractivity (Wildman–Crippen MR) is 118 cm³/mol. The molecular weight excluding hydrogens is 459 g/mol. The minimum atomic E-state index is 0. The highest BCUT2D eigenvalue weighted by Crippen LogP contribution is 2.19. The molecular formula is C19H29IN4O3. The Bertz CT molecular complexity index is 674. The summed E-state index contributed by atoms with van der Waals surface area (Å²) in [5, 5.41) is 6.43. The number of halogens is 1. The average Bonchev–Trinajstić information content (AvgIpc) is 3.12. The van der Waals surface area contributed by atoms with Gasteiger partial charge in [0.25, 0.3) is 0 Å². The van der Waals surface area contributed by atoms with E-state index < -0.39 is 0 Å². The number of hydrogen-bond donors (Lipinski definition) is 2. The van der Waals surface area contributed by atoms with Crippen LogP contribution in [0.2, 0.25) is 0 Å². The summed E-state index contributed by atoms with van der Waals surface area (Å²) in [4.78, 5) is 9.04. The quantitative estimate of drug-likeness (QED) is 0.232. The monoisotopic (exact) mass is 488 g/mol. The molecule has 0 radical (unpaired) electrons. The lowest BCUT2D eigenvalue weighted by Gasteiger charge is -2.11. The molecule has 8 heteroatoms. The molecule has 0 spiro atoms. The molecule has 0 amide bonds. The number of aryl methyl sites for hydroxylation is 1. The van der Waals surface area contributed by atoms with Crippen LogP contribution in [0.3, 0.4) is 0 Å². The fourth-order valence-corrected chi connectivity index (χ4v) is 2.20. The largest absolute Gasteiger partial charge is 0.444 e. The van der Waals surface area contributed by atoms with Gasteiger partial charge in [0.2, 0.25) is 5.89 Å². The Morgan fingerprint density at radius 2 is 1.93 bits per heavy atom. The van der Waals surface area contributed by atoms with E-state index in [1.165, 1.54) is 5.56 Å². The highest BCUT2D eigenvalue weighted by Gasteiger charge is 2.06. The van der Waals surface area contributed by atoms with Crippen LogP contribution >= 0.6 is 24.0 Å². The Morgan fingerprint density at radius 1 is 1.15 bits per heavy atom. The van der Waals surface area contributed by atoms with Crippen molar-refractivity contribution in [2.45, 2.75) is 20.4 Å². The number of nitrogens with one attached hydrogen (secondary N) is 2. The summed E-state index contributed by atoms with van der Waals surface area (Å²) in [5.41, 5.74) is 2.95. The van der Waals surface area contributed by atoms with Crippen LogP contribution < -0.4 is 10.6 Å². The van der Waals surface area contributed by atoms with Gasteiger partial charge in [0, 0.05) is 25.8 Å². The van der Waals surface area contributed by atoms with E-state index in [-0.39, 0.29) is 24.0 Å². The van der Waals surface area contributed by atoms with Gasteiger partial charge in [-0.15, -0.1) is 24.0 Å². The fraction of sp³-hybridized carbons (Fsp3) is 0.474. The topological polar surface area (TPSA) is 80.9 Å². The first-order valence-corrected chi connectivity index (χ1v) is 8.83. The van der Waals surface area contributed by atoms with E-state index >= 15 is 0 Å². The van der Waals surface area contributed by atoms with E-state index in [1.807, 2.05) is 31.2 Å². The highest BCUT2D eigenvalue weighted by molar-refractivity contribution is 14.0. The van der Waals surface area contributed by atoms with Crippen LogP contribution in [-0.2, 0) is 16.0 Å². The number of aliphatic imine (C=N–C) groups is 1. The van der Waals surface area contributed by atoms with Crippen LogP contribution in [0.15, 0.2) is 39.9 Å². The van der Waals surface area contributed by atoms with E-state index in [2.05, 4.69) is 27.5 Å². The Hall–Kier alpha value is -1.65. The summed E-state index contributed by atoms with van der Waals surface area (Å²) in [6, 6.07) is 8.09. The summed E-state index contributed by atoms with van der Waals surface area (Å²) in [6.07, 6.45) is 1.65. The van der Waals surface area contributed by atoms with Gasteiger partial charge < -0.3 is 24.5 Å². The lowest BCUT2D eigenvalue weighted by molar-refractivity contribution is 0.0733. The molecule has 0 aliphatic carbocycles. The third kappa shape index (κ3) is 8.72. The molecule has 2 rings (SSSR count). The molecule has 150 valence electrons. The second-order valence-electron chi connectivity index (χ2n) is 5.74. The molecule has 0 atom stereocenters. The predicted octanol–water partition coefficient (Wildman–Crippen LogP) is 2.99. The fourth-order valence-electron chi connectivity index (χ4n) is 2.20. The van der Waals surface area contributed by atoms with Crippen molar-refractivity contribution in [1.29, 1.82) is 0 Å². The van der Waals surface area contributed by atoms with Gasteiger partial charge in [-0.1, -0.05) is 17.7 Å². The Kier molecular flexibility index (Phi) is 11.7. The molecule has 0 saturated heterocycles. The van der Waals surface area contributed by atoms with Crippen LogP contribution in [0, 0.1) is 6.92 Å². The van der Waals surface area contributed by atoms with Crippen molar-refractivity contribution in [1.82, 2.24) is 15.6 Å². The molecule has 1 heterocycles. The Balaban J connectivity index is 0.00000364. The molecule has 0 saturated carbocycles. The minimum absolute atomic E-state index is 0. The van der Waals surface area contributed by atoms with Gasteiger partial charge in [-0.3, -0.25) is 0 Å². The van der Waals surface area contributed by atoms with Gasteiger partial charge in [0.05, 0.1) is 26.4 Å². The molecule has 0 aliphatic rings. The average molecular weight is 488 g/mol. The zero-order valence-electron chi connectivity index (χ0n) is 16.2. The molecule has 0 aliphatic heterocycles. The summed E-state index contributed by atoms with van der Waals surface area (Å²) in [5.74, 6) is 1.34. The second-order valence-corrected chi connectivity index (χ2v) is 5.74. The van der Waals surface area contributed by atoms with Crippen LogP contribution in [0.5, 0.6) is 0 Å². The van der Waals surface area contributed by atoms with Crippen molar-refractivity contribution in [2.75, 3.05) is 40.0 Å². The first kappa shape index (κ1) is 23.4. The smallest absolute Gasteiger partial charge is 0.226 e. The maximum absolute atomic E-state index is 5.57. The first-order valence-electron chi connectivity index (χ1n) is 8.83. The Morgan fingerprint density at radius 3 is 2.63 bits per heavy atom. The number of hydrogen-bond acceptors (Lipinski definition) is 5. The lowest BCUT2D eigenvalue weighted by atomic mass is 10.1. The standard InChI is InChI=1S/C19H28N4O3.HI/c1-4-20-19(21-9-10-25-12-11-24-3)22-13-17-14-26-18(23-17)16-7-5-15(2)6-8-16;/h5-8,14H,4,9-13H2,1-3H3,(H2,20,21,22);1H. The van der Waals surface area contributed by atoms with E-state index in [0.717, 1.165) is 23.8 Å². The summed E-state index contributed by atoms with van der Waals surface area (Å²) in [7, 11) is 1.66. The number of nitrogens with zero attached hydrogens (tertiary/aromatic N) is 2. The van der Waals surface area contributed by atoms with Gasteiger partial charge in [-0.2, -0.15) is 0 Å². The summed E-state index contributed by atoms with van der Waals surface area (Å²) < 4.78 is 15.9. The first-order chi connectivity index (χ1) is 12.7. The van der Waals surface area contributed by atoms with Crippen molar-refractivity contribution in [2.24, 2.45) is 4.99 Å². The number of methoxy groups -OCH3 is 1. The van der Waals surface area contributed by atoms with Gasteiger partial charge in [-0.05, 0) is 26.0 Å². The van der Waals surface area contributed by atoms with Gasteiger partial charge in [0.15, 0.2) is 5.96 Å². The van der Waals surface area contributed by atoms with Gasteiger partial charge >= 0.3 is 0 Å². The minimum Gasteiger partial charge on any atom is -0.444 e. The molecule has 1 aromatic carbocycles. The van der Waals surface area contributed by atoms with E-state index in [0.29, 0.717) is 38.8 Å². The number of oxazole rings is 1. The SMILES string of the molecule is CCNC(=NCc1coc(-c2ccc(C)cc2)n1)NCCOCCOC.I. The zero-order chi connectivity index (χ0) is 18.6. The van der Waals surface area contributed by atoms with Crippen LogP contribution in [0.4, 0.5) is 0 Å². The van der Waals surface area contributed by atoms with E-state index in [1.54, 1.807) is 13.4 Å². The number of guanidine groups is 1. The molecule has 7 nitrogen and oxygen atoms in total. The van der Waals surface area contributed by atoms with E-state index in [9.17, 15) is 0 Å². The zero-order valence-corrected chi connectivity index (χ0v) is 18.5. The van der Waals surface area contributed by atoms with Gasteiger partial charge in [0.1, 0.15) is 12.0 Å². The molecule has 27 heavy (non-hydrogen) atoms. The maximum atomic E-state index is 5.57. The Labute approximate surface area is 178 Å². The summed E-state index contributed by atoms with van der Waals surface area (Å²) in [6.45, 7) is 7.75. The molecule has 1 aromatic heterocycles. The van der Waals surface area contributed by atoms with Crippen LogP contribution in [0.25, 0.3) is 11.5 Å². The molecule has 2 aromatic rings. The lowest BCUT2D eigenvalue weighted by Crippen LogP contribution is -2.39. The number of aromatic nitrogens is 1. The highest BCUT2D eigenvalue weighted by atomic mass is 127. The molecule has 0 unspecified atom stereocenters. The molecule has 2 N–H and O–H groups in total. The normalized spacial score (nSPS) is 11.1. The number of rotatable bonds is 10. The number of benzene rings is 1.